The van der Waals surface area contributed by atoms with Crippen LogP contribution in [-0.4, -0.2) is 127 Å². The van der Waals surface area contributed by atoms with E-state index in [0.29, 0.717) is 18.7 Å². The average molecular weight is 742 g/mol. The zero-order chi connectivity index (χ0) is 35.6. The van der Waals surface area contributed by atoms with Crippen molar-refractivity contribution in [1.29, 1.82) is 0 Å². The Bertz CT molecular complexity index is 1410. The molecular weight excluding hydrogens is 699 g/mol. The highest BCUT2D eigenvalue weighted by Crippen LogP contribution is 2.41. The molecule has 0 spiro atoms. The lowest BCUT2D eigenvalue weighted by atomic mass is 9.75. The topological polar surface area (TPSA) is 186 Å². The third kappa shape index (κ3) is 9.84. The summed E-state index contributed by atoms with van der Waals surface area (Å²) in [6.45, 7) is 4.58. The third-order valence-corrected chi connectivity index (χ3v) is 12.0. The van der Waals surface area contributed by atoms with Crippen LogP contribution in [0, 0.1) is 23.7 Å². The molecule has 4 aliphatic rings. The number of carbonyl (C=O) groups is 2. The highest BCUT2D eigenvalue weighted by molar-refractivity contribution is 9.09. The molecule has 17 heteroatoms. The molecule has 14 nitrogen and oxygen atoms in total. The Balaban J connectivity index is 1.78. The smallest absolute Gasteiger partial charge is 0.411 e. The zero-order valence-electron chi connectivity index (χ0n) is 27.8. The Hall–Kier alpha value is -2.07. The summed E-state index contributed by atoms with van der Waals surface area (Å²) in [6.07, 6.45) is -1.79. The highest BCUT2D eigenvalue weighted by Gasteiger charge is 2.50. The van der Waals surface area contributed by atoms with Crippen molar-refractivity contribution in [1.82, 2.24) is 16.1 Å². The van der Waals surface area contributed by atoms with Crippen molar-refractivity contribution in [3.8, 4) is 23.7 Å². The summed E-state index contributed by atoms with van der Waals surface area (Å²) >= 11 is 0. The van der Waals surface area contributed by atoms with Crippen LogP contribution < -0.4 is 16.1 Å². The maximum Gasteiger partial charge on any atom is 0.411 e. The fraction of sp³-hybridized carbons (Fsp3) is 0.625. The van der Waals surface area contributed by atoms with Gasteiger partial charge in [0.2, 0.25) is 0 Å². The molecule has 2 aliphatic carbocycles. The van der Waals surface area contributed by atoms with Crippen LogP contribution in [0.15, 0.2) is 35.1 Å². The number of ketones is 1. The summed E-state index contributed by atoms with van der Waals surface area (Å²) in [6, 6.07) is -1.06. The Labute approximate surface area is 297 Å². The second-order valence-corrected chi connectivity index (χ2v) is 15.7. The summed E-state index contributed by atoms with van der Waals surface area (Å²) < 4.78 is 35.5. The molecule has 0 aromatic heterocycles. The number of carbonyl (C=O) groups excluding carboxylic acids is 2. The molecule has 6 N–H and O–H groups in total. The van der Waals surface area contributed by atoms with Crippen molar-refractivity contribution < 1.29 is 53.4 Å². The number of aliphatic hydroxyl groups is 2. The predicted octanol–water partition coefficient (Wildman–Crippen LogP) is 1.43. The lowest BCUT2D eigenvalue weighted by molar-refractivity contribution is -0.329. The maximum absolute atomic E-state index is 13.6. The molecule has 1 amide bonds. The molecule has 0 aromatic rings. The third-order valence-electron chi connectivity index (χ3n) is 8.25. The van der Waals surface area contributed by atoms with Gasteiger partial charge in [0.15, 0.2) is 24.0 Å². The van der Waals surface area contributed by atoms with E-state index in [4.69, 9.17) is 28.4 Å². The molecular formula is C32H43N3O11S3. The van der Waals surface area contributed by atoms with Gasteiger partial charge < -0.3 is 49.2 Å². The van der Waals surface area contributed by atoms with Crippen LogP contribution in [0.4, 0.5) is 4.79 Å². The largest absolute Gasteiger partial charge is 0.453 e. The molecule has 0 aromatic carbocycles. The lowest BCUT2D eigenvalue weighted by Crippen LogP contribution is -2.64. The second-order valence-electron chi connectivity index (χ2n) is 11.3. The fourth-order valence-corrected chi connectivity index (χ4v) is 8.33. The Morgan fingerprint density at radius 2 is 2.02 bits per heavy atom. The number of hydroxylamine groups is 1. The normalized spacial score (nSPS) is 35.9. The summed E-state index contributed by atoms with van der Waals surface area (Å²) in [4.78, 5) is 26.2. The number of allylic oxidation sites excluding steroid dienone is 3. The zero-order valence-corrected chi connectivity index (χ0v) is 30.2. The van der Waals surface area contributed by atoms with Gasteiger partial charge in [-0.1, -0.05) is 58.3 Å². The highest BCUT2D eigenvalue weighted by atomic mass is 33.5. The minimum absolute atomic E-state index is 0.0461. The van der Waals surface area contributed by atoms with Crippen LogP contribution in [0.2, 0.25) is 0 Å². The van der Waals surface area contributed by atoms with E-state index < -0.39 is 66.9 Å². The SMILES string of the molecule is CCN[C@H]1CO[C@@H](O[C@H]2[C@H](O[C@H]3C#C/C=C\C#C[C@]4(O)CC(=O)C(NC(=O)OC)=C3/C4=C/CSSSC)O[C@H](C)[C@@H](NO)[C@@H]2O)C[C@@H]1OC. The Morgan fingerprint density at radius 3 is 2.71 bits per heavy atom. The number of fused-ring (bicyclic) bond motifs is 2. The average Bonchev–Trinajstić information content (AvgIpc) is 3.08. The van der Waals surface area contributed by atoms with Gasteiger partial charge in [0.05, 0.1) is 50.1 Å². The first kappa shape index (κ1) is 39.7. The first-order valence-corrected chi connectivity index (χ1v) is 19.6. The van der Waals surface area contributed by atoms with Crippen molar-refractivity contribution in [3.05, 3.63) is 35.1 Å². The number of amides is 1. The molecule has 0 saturated carbocycles. The second kappa shape index (κ2) is 19.0. The van der Waals surface area contributed by atoms with Crippen molar-refractivity contribution in [3.63, 3.8) is 0 Å². The molecule has 49 heavy (non-hydrogen) atoms. The summed E-state index contributed by atoms with van der Waals surface area (Å²) in [7, 11) is 7.30. The number of hydrogen-bond acceptors (Lipinski definition) is 16. The number of nitrogens with one attached hydrogen (secondary N) is 3. The first-order chi connectivity index (χ1) is 23.6. The van der Waals surface area contributed by atoms with E-state index in [-0.39, 0.29) is 35.6 Å². The van der Waals surface area contributed by atoms with Crippen LogP contribution in [0.5, 0.6) is 0 Å². The van der Waals surface area contributed by atoms with Crippen molar-refractivity contribution in [2.45, 2.75) is 87.5 Å². The molecule has 2 saturated heterocycles. The monoisotopic (exact) mass is 741 g/mol. The molecule has 2 bridgehead atoms. The standard InChI is InChI=1S/C32H43N3O11S3/c1-6-33-20-17-43-24(15-23(20)41-3)46-29-28(37)26(35-40)18(2)44-30(29)45-22-11-9-7-8-10-13-32(39)16-21(36)27(34-31(38)42-4)25(22)19(32)12-14-48-49-47-5/h7-8,12,18,20,22-24,26,28-30,33,35,37,39-40H,6,14-17H2,1-5H3,(H,34,38)/b8-7-,19-12-/t18-,20+,22+,23+,24+,26-,28+,29-,30+,32+/m1/s1. The van der Waals surface area contributed by atoms with Gasteiger partial charge >= 0.3 is 6.09 Å². The maximum atomic E-state index is 13.6. The van der Waals surface area contributed by atoms with E-state index in [1.807, 2.05) is 13.2 Å². The van der Waals surface area contributed by atoms with Gasteiger partial charge in [-0.3, -0.25) is 10.1 Å². The van der Waals surface area contributed by atoms with E-state index in [2.05, 4.69) is 39.8 Å². The van der Waals surface area contributed by atoms with Gasteiger partial charge in [-0.2, -0.15) is 5.48 Å². The molecule has 10 atom stereocenters. The van der Waals surface area contributed by atoms with Crippen LogP contribution >= 0.6 is 31.4 Å². The van der Waals surface area contributed by atoms with Gasteiger partial charge in [-0.05, 0) is 41.7 Å². The number of likely N-dealkylation sites (N-methyl/N-ethyl adjacent to an activating group) is 1. The van der Waals surface area contributed by atoms with E-state index in [1.165, 1.54) is 32.8 Å². The van der Waals surface area contributed by atoms with Crippen molar-refractivity contribution in [2.75, 3.05) is 39.4 Å². The number of aliphatic hydroxyl groups excluding tert-OH is 1. The van der Waals surface area contributed by atoms with Crippen LogP contribution in [-0.2, 0) is 33.2 Å². The van der Waals surface area contributed by atoms with Crippen LogP contribution in [0.1, 0.15) is 26.7 Å². The first-order valence-electron chi connectivity index (χ1n) is 15.6. The minimum atomic E-state index is -1.96. The lowest BCUT2D eigenvalue weighted by Gasteiger charge is -2.46. The molecule has 2 aliphatic heterocycles. The fourth-order valence-electron chi connectivity index (χ4n) is 5.92. The van der Waals surface area contributed by atoms with E-state index in [0.717, 1.165) is 7.11 Å². The van der Waals surface area contributed by atoms with Gasteiger partial charge in [-0.25, -0.2) is 4.79 Å². The number of ether oxygens (including phenoxy) is 6. The minimum Gasteiger partial charge on any atom is -0.453 e. The molecule has 0 unspecified atom stereocenters. The van der Waals surface area contributed by atoms with Crippen molar-refractivity contribution >= 4 is 43.3 Å². The Morgan fingerprint density at radius 1 is 1.24 bits per heavy atom. The summed E-state index contributed by atoms with van der Waals surface area (Å²) in [5, 5.41) is 39.1. The van der Waals surface area contributed by atoms with Gasteiger partial charge in [0.25, 0.3) is 0 Å². The number of Topliss-reactive ketones (excluding diaryl/α,β-unsaturated/α-hetero) is 1. The number of methoxy groups -OCH3 is 2. The van der Waals surface area contributed by atoms with E-state index in [1.54, 1.807) is 30.9 Å². The van der Waals surface area contributed by atoms with Gasteiger partial charge in [-0.15, -0.1) is 0 Å². The number of alkyl carbamates (subject to hydrolysis) is 1. The quantitative estimate of drug-likeness (QED) is 0.0689. The number of rotatable bonds is 13. The van der Waals surface area contributed by atoms with Gasteiger partial charge in [0, 0.05) is 30.4 Å². The molecule has 0 radical (unpaired) electrons. The molecule has 2 heterocycles. The molecule has 2 fully saturated rings. The Kier molecular flexibility index (Phi) is 15.4. The molecule has 4 rings (SSSR count). The predicted molar refractivity (Wildman–Crippen MR) is 185 cm³/mol. The summed E-state index contributed by atoms with van der Waals surface area (Å²) in [5.41, 5.74) is 0.193. The van der Waals surface area contributed by atoms with E-state index >= 15 is 0 Å². The molecule has 270 valence electrons. The van der Waals surface area contributed by atoms with Crippen LogP contribution in [0.3, 0.4) is 0 Å². The summed E-state index contributed by atoms with van der Waals surface area (Å²) in [5.74, 6) is 11.1. The van der Waals surface area contributed by atoms with Gasteiger partial charge in [0.1, 0.15) is 18.3 Å². The van der Waals surface area contributed by atoms with E-state index in [9.17, 15) is 25.0 Å². The van der Waals surface area contributed by atoms with Crippen LogP contribution in [0.25, 0.3) is 0 Å². The van der Waals surface area contributed by atoms with Crippen molar-refractivity contribution in [2.24, 2.45) is 0 Å². The number of hydrogen-bond donors (Lipinski definition) is 6.